The second kappa shape index (κ2) is 4.20. The lowest BCUT2D eigenvalue weighted by molar-refractivity contribution is -0.138. The van der Waals surface area contributed by atoms with Gasteiger partial charge >= 0.3 is 5.97 Å². The van der Waals surface area contributed by atoms with Gasteiger partial charge < -0.3 is 15.6 Å². The smallest absolute Gasteiger partial charge is 0.320 e. The van der Waals surface area contributed by atoms with Crippen LogP contribution in [0.2, 0.25) is 0 Å². The summed E-state index contributed by atoms with van der Waals surface area (Å²) < 4.78 is 8.77. The summed E-state index contributed by atoms with van der Waals surface area (Å²) in [5.41, 5.74) is 5.34. The fraction of sp³-hybridized carbons (Fsp3) is 0.429. The lowest BCUT2D eigenvalue weighted by Gasteiger charge is -2.01. The monoisotopic (exact) mass is 202 g/mol. The number of carbonyl (C=O) groups is 1. The second-order valence-corrected chi connectivity index (χ2v) is 3.37. The molecule has 0 spiro atoms. The van der Waals surface area contributed by atoms with Crippen molar-refractivity contribution in [2.75, 3.05) is 7.11 Å². The SMILES string of the molecule is COc1cc(C[C@@H](N)C(=O)O)sn1. The standard InChI is InChI=1S/C7H10N2O3S/c1-12-6-3-4(13-9-6)2-5(8)7(10)11/h3,5H,2,8H2,1H3,(H,10,11)/t5-/m1/s1. The van der Waals surface area contributed by atoms with E-state index in [4.69, 9.17) is 15.6 Å². The number of aromatic nitrogens is 1. The third-order valence-electron chi connectivity index (χ3n) is 1.48. The summed E-state index contributed by atoms with van der Waals surface area (Å²) in [6, 6.07) is 0.818. The van der Waals surface area contributed by atoms with Crippen molar-refractivity contribution in [1.29, 1.82) is 0 Å². The fourth-order valence-corrected chi connectivity index (χ4v) is 1.53. The number of hydrogen-bond acceptors (Lipinski definition) is 5. The van der Waals surface area contributed by atoms with Crippen LogP contribution in [0.4, 0.5) is 0 Å². The molecule has 0 saturated carbocycles. The van der Waals surface area contributed by atoms with Crippen LogP contribution in [-0.4, -0.2) is 28.6 Å². The Morgan fingerprint density at radius 2 is 2.62 bits per heavy atom. The number of carboxylic acids is 1. The zero-order valence-electron chi connectivity index (χ0n) is 7.06. The molecule has 0 aromatic carbocycles. The average molecular weight is 202 g/mol. The molecule has 1 aromatic rings. The summed E-state index contributed by atoms with van der Waals surface area (Å²) in [6.07, 6.45) is 0.288. The van der Waals surface area contributed by atoms with Gasteiger partial charge in [-0.3, -0.25) is 4.79 Å². The Balaban J connectivity index is 2.58. The molecular formula is C7H10N2O3S. The van der Waals surface area contributed by atoms with Gasteiger partial charge in [-0.05, 0) is 11.5 Å². The minimum atomic E-state index is -1.01. The van der Waals surface area contributed by atoms with Gasteiger partial charge in [-0.15, -0.1) is 0 Å². The highest BCUT2D eigenvalue weighted by molar-refractivity contribution is 7.05. The van der Waals surface area contributed by atoms with E-state index in [2.05, 4.69) is 4.37 Å². The summed E-state index contributed by atoms with van der Waals surface area (Å²) in [7, 11) is 1.51. The number of rotatable bonds is 4. The predicted octanol–water partition coefficient (Wildman–Crippen LogP) is 0.106. The van der Waals surface area contributed by atoms with Crippen LogP contribution in [0.1, 0.15) is 4.88 Å². The summed E-state index contributed by atoms with van der Waals surface area (Å²) in [4.78, 5) is 11.2. The van der Waals surface area contributed by atoms with Crippen LogP contribution in [0, 0.1) is 0 Å². The van der Waals surface area contributed by atoms with Crippen molar-refractivity contribution < 1.29 is 14.6 Å². The first-order valence-corrected chi connectivity index (χ1v) is 4.38. The quantitative estimate of drug-likeness (QED) is 0.723. The van der Waals surface area contributed by atoms with E-state index in [1.54, 1.807) is 6.07 Å². The van der Waals surface area contributed by atoms with E-state index in [0.717, 1.165) is 4.88 Å². The lowest BCUT2D eigenvalue weighted by atomic mass is 10.2. The summed E-state index contributed by atoms with van der Waals surface area (Å²) in [5, 5.41) is 8.54. The zero-order chi connectivity index (χ0) is 9.84. The lowest BCUT2D eigenvalue weighted by Crippen LogP contribution is -2.31. The Morgan fingerprint density at radius 3 is 3.08 bits per heavy atom. The number of nitrogens with zero attached hydrogens (tertiary/aromatic N) is 1. The number of carboxylic acid groups (broad SMARTS) is 1. The molecule has 1 heterocycles. The molecule has 1 rings (SSSR count). The molecule has 0 saturated heterocycles. The van der Waals surface area contributed by atoms with Gasteiger partial charge in [0.15, 0.2) is 0 Å². The first kappa shape index (κ1) is 9.94. The van der Waals surface area contributed by atoms with E-state index in [1.165, 1.54) is 18.6 Å². The maximum absolute atomic E-state index is 10.4. The molecule has 5 nitrogen and oxygen atoms in total. The molecule has 0 radical (unpaired) electrons. The van der Waals surface area contributed by atoms with Crippen LogP contribution in [0.25, 0.3) is 0 Å². The van der Waals surface area contributed by atoms with Crippen molar-refractivity contribution in [3.05, 3.63) is 10.9 Å². The van der Waals surface area contributed by atoms with Gasteiger partial charge in [0, 0.05) is 17.4 Å². The van der Waals surface area contributed by atoms with Gasteiger partial charge in [-0.2, -0.15) is 4.37 Å². The molecule has 0 bridgehead atoms. The normalized spacial score (nSPS) is 12.5. The third kappa shape index (κ3) is 2.67. The maximum atomic E-state index is 10.4. The molecular weight excluding hydrogens is 192 g/mol. The fourth-order valence-electron chi connectivity index (χ4n) is 0.790. The van der Waals surface area contributed by atoms with Crippen LogP contribution in [-0.2, 0) is 11.2 Å². The molecule has 6 heteroatoms. The summed E-state index contributed by atoms with van der Waals surface area (Å²) in [6.45, 7) is 0. The molecule has 13 heavy (non-hydrogen) atoms. The van der Waals surface area contributed by atoms with Crippen molar-refractivity contribution in [1.82, 2.24) is 4.37 Å². The Kier molecular flexibility index (Phi) is 3.21. The molecule has 0 unspecified atom stereocenters. The Morgan fingerprint density at radius 1 is 1.92 bits per heavy atom. The first-order chi connectivity index (χ1) is 6.13. The Labute approximate surface area is 79.3 Å². The van der Waals surface area contributed by atoms with Gasteiger partial charge in [0.1, 0.15) is 6.04 Å². The number of ether oxygens (including phenoxy) is 1. The van der Waals surface area contributed by atoms with E-state index in [-0.39, 0.29) is 6.42 Å². The van der Waals surface area contributed by atoms with Gasteiger partial charge in [-0.25, -0.2) is 0 Å². The van der Waals surface area contributed by atoms with Crippen molar-refractivity contribution in [3.8, 4) is 5.88 Å². The second-order valence-electron chi connectivity index (χ2n) is 2.48. The number of nitrogens with two attached hydrogens (primary N) is 1. The van der Waals surface area contributed by atoms with Crippen LogP contribution < -0.4 is 10.5 Å². The van der Waals surface area contributed by atoms with Crippen LogP contribution >= 0.6 is 11.5 Å². The molecule has 0 amide bonds. The summed E-state index contributed by atoms with van der Waals surface area (Å²) >= 11 is 1.20. The van der Waals surface area contributed by atoms with E-state index in [0.29, 0.717) is 5.88 Å². The van der Waals surface area contributed by atoms with E-state index >= 15 is 0 Å². The highest BCUT2D eigenvalue weighted by Crippen LogP contribution is 2.17. The van der Waals surface area contributed by atoms with Crippen LogP contribution in [0.3, 0.4) is 0 Å². The third-order valence-corrected chi connectivity index (χ3v) is 2.28. The van der Waals surface area contributed by atoms with E-state index in [1.807, 2.05) is 0 Å². The molecule has 3 N–H and O–H groups in total. The predicted molar refractivity (Wildman–Crippen MR) is 48.0 cm³/mol. The van der Waals surface area contributed by atoms with E-state index < -0.39 is 12.0 Å². The van der Waals surface area contributed by atoms with Crippen LogP contribution in [0.15, 0.2) is 6.07 Å². The van der Waals surface area contributed by atoms with Crippen molar-refractivity contribution in [2.24, 2.45) is 5.73 Å². The van der Waals surface area contributed by atoms with Crippen molar-refractivity contribution in [3.63, 3.8) is 0 Å². The minimum absolute atomic E-state index is 0.288. The average Bonchev–Trinajstić information content (AvgIpc) is 2.52. The highest BCUT2D eigenvalue weighted by Gasteiger charge is 2.14. The number of hydrogen-bond donors (Lipinski definition) is 2. The van der Waals surface area contributed by atoms with Gasteiger partial charge in [-0.1, -0.05) is 0 Å². The zero-order valence-corrected chi connectivity index (χ0v) is 7.87. The molecule has 0 aliphatic carbocycles. The molecule has 0 aliphatic rings. The molecule has 0 aliphatic heterocycles. The highest BCUT2D eigenvalue weighted by atomic mass is 32.1. The molecule has 0 fully saturated rings. The van der Waals surface area contributed by atoms with Crippen molar-refractivity contribution >= 4 is 17.5 Å². The van der Waals surface area contributed by atoms with Crippen LogP contribution in [0.5, 0.6) is 5.88 Å². The van der Waals surface area contributed by atoms with Gasteiger partial charge in [0.05, 0.1) is 7.11 Å². The van der Waals surface area contributed by atoms with Crippen molar-refractivity contribution in [2.45, 2.75) is 12.5 Å². The maximum Gasteiger partial charge on any atom is 0.320 e. The largest absolute Gasteiger partial charge is 0.480 e. The van der Waals surface area contributed by atoms with Gasteiger partial charge in [0.2, 0.25) is 5.88 Å². The van der Waals surface area contributed by atoms with E-state index in [9.17, 15) is 4.79 Å². The molecule has 72 valence electrons. The topological polar surface area (TPSA) is 85.4 Å². The minimum Gasteiger partial charge on any atom is -0.480 e. The Bertz CT molecular complexity index is 300. The first-order valence-electron chi connectivity index (χ1n) is 3.61. The number of methoxy groups -OCH3 is 1. The molecule has 1 aromatic heterocycles. The van der Waals surface area contributed by atoms with Gasteiger partial charge in [0.25, 0.3) is 0 Å². The molecule has 1 atom stereocenters. The number of aliphatic carboxylic acids is 1. The Hall–Kier alpha value is -1.14. The summed E-state index contributed by atoms with van der Waals surface area (Å²) in [5.74, 6) is -0.509.